The third kappa shape index (κ3) is 17.8. The monoisotopic (exact) mass is 2030 g/mol. The number of alkyl halides is 1. The van der Waals surface area contributed by atoms with Crippen LogP contribution in [-0.2, 0) is 137 Å². The van der Waals surface area contributed by atoms with E-state index < -0.39 is 195 Å². The summed E-state index contributed by atoms with van der Waals surface area (Å²) in [4.78, 5) is 140. The van der Waals surface area contributed by atoms with Crippen LogP contribution >= 0.6 is 54.8 Å². The molecule has 10 saturated heterocycles. The summed E-state index contributed by atoms with van der Waals surface area (Å²) < 4.78 is 175. The maximum atomic E-state index is 15.9. The number of anilines is 6. The van der Waals surface area contributed by atoms with E-state index >= 15 is 4.39 Å². The second-order valence-electron chi connectivity index (χ2n) is 31.4. The Morgan fingerprint density at radius 1 is 0.424 bits per heavy atom. The van der Waals surface area contributed by atoms with Gasteiger partial charge >= 0.3 is 36.9 Å². The van der Waals surface area contributed by atoms with Crippen molar-refractivity contribution in [2.75, 3.05) is 80.7 Å². The van der Waals surface area contributed by atoms with E-state index in [0.29, 0.717) is 44.9 Å². The molecule has 22 rings (SSSR count). The average Bonchev–Trinajstić information content (AvgIpc) is 1.55. The van der Waals surface area contributed by atoms with Crippen LogP contribution in [0.1, 0.15) is 63.1 Å². The van der Waals surface area contributed by atoms with E-state index in [1.165, 1.54) is 38.9 Å². The predicted molar refractivity (Wildman–Crippen MR) is 464 cm³/mol. The van der Waals surface area contributed by atoms with Crippen LogP contribution in [0, 0.1) is 0 Å². The number of nitrogen functional groups attached to an aromatic ring is 6. The molecule has 26 atom stereocenters. The Morgan fingerprint density at radius 2 is 0.864 bits per heavy atom. The van der Waals surface area contributed by atoms with E-state index in [-0.39, 0.29) is 110 Å². The van der Waals surface area contributed by atoms with Crippen LogP contribution in [0.25, 0.3) is 66.7 Å². The molecule has 66 heteroatoms. The number of H-pyrrole nitrogens is 3. The van der Waals surface area contributed by atoms with Gasteiger partial charge in [-0.3, -0.25) is 79.3 Å². The lowest BCUT2D eigenvalue weighted by molar-refractivity contribution is -0.183. The van der Waals surface area contributed by atoms with Crippen LogP contribution in [-0.4, -0.2) is 248 Å². The van der Waals surface area contributed by atoms with Gasteiger partial charge in [0.05, 0.1) is 89.5 Å². The number of pyridine rings is 3. The molecule has 0 aromatic carbocycles. The number of fused-ring (bicyclic) bond motifs is 14. The zero-order valence-electron chi connectivity index (χ0n) is 67.1. The fraction of sp³-hybridized carbons (Fsp3) is 0.470. The summed E-state index contributed by atoms with van der Waals surface area (Å²) in [5.41, 5.74) is 32.0. The van der Waals surface area contributed by atoms with Crippen molar-refractivity contribution in [2.24, 2.45) is 0 Å². The van der Waals surface area contributed by atoms with Gasteiger partial charge in [0.2, 0.25) is 23.5 Å². The summed E-state index contributed by atoms with van der Waals surface area (Å²) in [5, 5.41) is 1.44. The highest BCUT2D eigenvalue weighted by Gasteiger charge is 2.66. The molecule has 22 heterocycles. The number of hydrogen-bond donors (Lipinski definition) is 15. The minimum absolute atomic E-state index is 0.00840. The van der Waals surface area contributed by atoms with E-state index in [2.05, 4.69) is 77.0 Å². The van der Waals surface area contributed by atoms with Crippen molar-refractivity contribution in [3.63, 3.8) is 0 Å². The second kappa shape index (κ2) is 34.8. The molecular formula is C66H76FN25O30P6S4. The van der Waals surface area contributed by atoms with Gasteiger partial charge < -0.3 is 124 Å². The van der Waals surface area contributed by atoms with E-state index in [0.717, 1.165) is 16.3 Å². The molecule has 0 spiro atoms. The summed E-state index contributed by atoms with van der Waals surface area (Å²) in [6.45, 7) is -11.1. The number of halogens is 1. The van der Waals surface area contributed by atoms with Crippen LogP contribution in [0.15, 0.2) is 101 Å². The van der Waals surface area contributed by atoms with Crippen LogP contribution in [0.2, 0.25) is 0 Å². The number of nitrogens with two attached hydrogens (primary N) is 6. The van der Waals surface area contributed by atoms with E-state index in [4.69, 9.17) is 157 Å². The molecule has 10 aliphatic rings. The van der Waals surface area contributed by atoms with Crippen molar-refractivity contribution in [3.8, 4) is 0 Å². The first-order chi connectivity index (χ1) is 62.8. The molecule has 0 radical (unpaired) electrons. The summed E-state index contributed by atoms with van der Waals surface area (Å²) in [7, 11) is -14.2. The average molecular weight is 2030 g/mol. The Morgan fingerprint density at radius 3 is 1.39 bits per heavy atom. The fourth-order valence-corrected chi connectivity index (χ4v) is 24.8. The van der Waals surface area contributed by atoms with Gasteiger partial charge in [0.15, 0.2) is 70.2 Å². The Balaban J connectivity index is 0.000000123. The maximum Gasteiger partial charge on any atom is 0.472 e. The van der Waals surface area contributed by atoms with Gasteiger partial charge in [-0.25, -0.2) is 53.0 Å². The highest BCUT2D eigenvalue weighted by atomic mass is 32.9. The number of aromatic nitrogens is 19. The molecule has 12 aromatic rings. The molecule has 132 heavy (non-hydrogen) atoms. The van der Waals surface area contributed by atoms with Gasteiger partial charge in [-0.1, -0.05) is 12.2 Å². The first kappa shape index (κ1) is 91.6. The quantitative estimate of drug-likeness (QED) is 0.0840. The van der Waals surface area contributed by atoms with Crippen LogP contribution < -0.4 is 51.1 Å². The van der Waals surface area contributed by atoms with Gasteiger partial charge in [-0.2, -0.15) is 15.0 Å². The number of phosphoric acid groups is 3. The summed E-state index contributed by atoms with van der Waals surface area (Å²) in [5.74, 6) is -0.525. The van der Waals surface area contributed by atoms with Crippen molar-refractivity contribution < 1.29 is 130 Å². The minimum atomic E-state index is -4.98. The number of hydrogen-bond acceptors (Lipinski definition) is 44. The molecule has 12 aromatic heterocycles. The SMILES string of the molecule is Nc1nc2c(ncn2[C@@H]2O[C@@H]3COP(=O)(O)O[C@H]4C[C@H](n5ccc6c(N)ccnc65)O[C@@H]4COP(=S)(S)O[C@@H]2C3)c(=O)[nH]1.Nc1nc2c(ncn2[C@@H]2O[C@@H]3COP(=O)(O)O[C@H]4C[C@H](n5ccc6c(N)ccnc65)O[C@@H]4COP(O)(=S)O[C@@H]2C3)c(=O)[nH]1.Nc1nc2c(ncn2[C@@H]2O[C@@H]3COP(=O)(O)O[C@H]4[C@H]5OC[C@]4(COP(O)(=S)O[C@@H]2[C@H]3F)O[C@H]5n2cnc3c(N)ccnc32)c(=O)[nH]1. The Labute approximate surface area is 756 Å². The number of thiol groups is 1. The first-order valence-corrected chi connectivity index (χ1v) is 53.0. The second-order valence-corrected chi connectivity index (χ2v) is 46.4. The number of aromatic amines is 3. The summed E-state index contributed by atoms with van der Waals surface area (Å²) in [6.07, 6.45) is -6.62. The van der Waals surface area contributed by atoms with Crippen molar-refractivity contribution >= 4 is 192 Å². The third-order valence-corrected chi connectivity index (χ3v) is 31.2. The third-order valence-electron chi connectivity index (χ3n) is 22.8. The molecular weight excluding hydrogens is 1960 g/mol. The number of nitrogens with one attached hydrogen (secondary N) is 3. The molecule has 55 nitrogen and oxygen atoms in total. The smallest absolute Gasteiger partial charge is 0.398 e. The van der Waals surface area contributed by atoms with Crippen molar-refractivity contribution in [1.82, 2.24) is 92.2 Å². The van der Waals surface area contributed by atoms with E-state index in [1.54, 1.807) is 58.2 Å². The molecule has 20 N–H and O–H groups in total. The lowest BCUT2D eigenvalue weighted by Crippen LogP contribution is -2.45. The Hall–Kier alpha value is -8.19. The van der Waals surface area contributed by atoms with Crippen LogP contribution in [0.4, 0.5) is 39.3 Å². The predicted octanol–water partition coefficient (Wildman–Crippen LogP) is 2.79. The minimum Gasteiger partial charge on any atom is -0.398 e. The lowest BCUT2D eigenvalue weighted by atomic mass is 10.0. The topological polar surface area (TPSA) is 741 Å². The lowest BCUT2D eigenvalue weighted by Gasteiger charge is -2.33. The van der Waals surface area contributed by atoms with Gasteiger partial charge in [-0.15, -0.1) is 0 Å². The first-order valence-electron chi connectivity index (χ1n) is 39.6. The van der Waals surface area contributed by atoms with Crippen molar-refractivity contribution in [3.05, 3.63) is 118 Å². The highest BCUT2D eigenvalue weighted by molar-refractivity contribution is 8.60. The number of imidazole rings is 4. The Bertz CT molecular complexity index is 6800. The van der Waals surface area contributed by atoms with Gasteiger partial charge in [0, 0.05) is 78.8 Å². The number of rotatable bonds is 6. The van der Waals surface area contributed by atoms with Crippen molar-refractivity contribution in [1.29, 1.82) is 0 Å². The molecule has 0 saturated carbocycles. The van der Waals surface area contributed by atoms with Gasteiger partial charge in [-0.05, 0) is 65.8 Å². The molecule has 0 aliphatic carbocycles. The van der Waals surface area contributed by atoms with Crippen LogP contribution in [0.5, 0.6) is 0 Å². The zero-order chi connectivity index (χ0) is 92.4. The Kier molecular flexibility index (Phi) is 24.1. The molecule has 8 bridgehead atoms. The van der Waals surface area contributed by atoms with Crippen molar-refractivity contribution in [2.45, 2.75) is 148 Å². The molecule has 10 aliphatic heterocycles. The normalized spacial score (nSPS) is 36.9. The molecule has 10 fully saturated rings. The van der Waals surface area contributed by atoms with Gasteiger partial charge in [0.1, 0.15) is 95.9 Å². The highest BCUT2D eigenvalue weighted by Crippen LogP contribution is 2.62. The molecule has 706 valence electrons. The standard InChI is InChI=1S/C22H24FN9O11P2S.C22H26N8O10P2S.C22H26N8O9P2S2/c23-10-9-3-38-44(34,35)43-15-14-20(31-6-27-11-8(24)1-2-26-16(11)31)41-22(15,4-37-14)5-39-45(36,46)42-13(10)19(40-9)32-7-28-12-17(32)29-21(25)30-18(12)33;23-12-1-3-25-18-11(12)2-4-29(18)16-6-13-15(38-16)8-36-42(34,43)40-14-5-10(7-35-41(32,33)39-13)37-21(14)30-9-26-17-19(30)27-22(24)28-20(17)31;23-12-1-3-25-18-11(12)2-4-29(18)16-6-13-15(37-16)8-35-41(42,43)39-14-5-10(7-34-40(32,33)38-13)36-21(14)30-9-26-17-19(30)27-22(24)28-20(17)31/h1-2,6-7,9-10,13-15,19-20H,3-5H2,(H2,24,26)(H,34,35)(H,36,46)(H3,25,29,30,33);1-4,9-10,13-16,21H,5-8H2,(H2,23,25)(H,32,33)(H,34,43)(H3,24,27,28,31);1-4,9-10,13-16,21H,5-8H2,(H2,23,25)(H,32,33)(H,42,43)(H3,24,27,28,31)/t9-,10+,13-,14-,15+,19-,20-,22-,45?;10-,13-,14+,15+,16+,21+,42?;10-,13-,14+,15+,16+,21+/m100/s1. The number of phosphoric ester groups is 3. The molecule has 6 unspecified atom stereocenters. The van der Waals surface area contributed by atoms with Crippen LogP contribution in [0.3, 0.4) is 0 Å². The van der Waals surface area contributed by atoms with E-state index in [9.17, 15) is 52.5 Å². The molecule has 0 amide bonds. The summed E-state index contributed by atoms with van der Waals surface area (Å²) in [6, 6.07) is 8.52. The summed E-state index contributed by atoms with van der Waals surface area (Å²) >= 11 is 20.8. The maximum absolute atomic E-state index is 15.9. The number of nitrogens with zero attached hydrogens (tertiary/aromatic N) is 16. The van der Waals surface area contributed by atoms with E-state index in [1.807, 2.05) is 6.07 Å². The van der Waals surface area contributed by atoms with Gasteiger partial charge in [0.25, 0.3) is 16.7 Å². The fourth-order valence-electron chi connectivity index (χ4n) is 17.0. The number of ether oxygens (including phenoxy) is 7. The zero-order valence-corrected chi connectivity index (χ0v) is 75.8. The largest absolute Gasteiger partial charge is 0.472 e.